The van der Waals surface area contributed by atoms with Crippen LogP contribution in [0.4, 0.5) is 14.5 Å². The van der Waals surface area contributed by atoms with E-state index in [4.69, 9.17) is 4.74 Å². The minimum atomic E-state index is -0.698. The molecule has 0 saturated heterocycles. The molecule has 1 N–H and O–H groups in total. The Bertz CT molecular complexity index is 656. The molecule has 0 aromatic heterocycles. The Labute approximate surface area is 115 Å². The lowest BCUT2D eigenvalue weighted by molar-refractivity contribution is 0.102. The molecule has 0 fully saturated rings. The molecular weight excluding hydrogens is 264 g/mol. The van der Waals surface area contributed by atoms with Crippen molar-refractivity contribution in [3.63, 3.8) is 0 Å². The molecule has 0 heterocycles. The van der Waals surface area contributed by atoms with E-state index in [9.17, 15) is 13.6 Å². The van der Waals surface area contributed by atoms with Crippen LogP contribution in [0.1, 0.15) is 15.9 Å². The summed E-state index contributed by atoms with van der Waals surface area (Å²) in [5.41, 5.74) is 0.869. The molecule has 0 radical (unpaired) electrons. The van der Waals surface area contributed by atoms with Gasteiger partial charge in [-0.05, 0) is 36.8 Å². The second-order valence-electron chi connectivity index (χ2n) is 4.26. The van der Waals surface area contributed by atoms with Crippen molar-refractivity contribution in [2.24, 2.45) is 0 Å². The molecular formula is C15H13F2NO2. The second kappa shape index (κ2) is 5.69. The summed E-state index contributed by atoms with van der Waals surface area (Å²) in [5.74, 6) is -1.49. The van der Waals surface area contributed by atoms with E-state index in [1.54, 1.807) is 6.92 Å². The van der Waals surface area contributed by atoms with Crippen molar-refractivity contribution in [2.75, 3.05) is 12.4 Å². The molecule has 3 nitrogen and oxygen atoms in total. The number of carbonyl (C=O) groups excluding carboxylic acids is 1. The molecule has 2 rings (SSSR count). The molecule has 0 aliphatic carbocycles. The number of carbonyl (C=O) groups is 1. The maximum absolute atomic E-state index is 13.8. The summed E-state index contributed by atoms with van der Waals surface area (Å²) in [5, 5.41) is 2.49. The Morgan fingerprint density at radius 1 is 1.15 bits per heavy atom. The first kappa shape index (κ1) is 14.0. The number of ether oxygens (including phenoxy) is 1. The third kappa shape index (κ3) is 2.93. The van der Waals surface area contributed by atoms with Crippen molar-refractivity contribution in [3.8, 4) is 5.75 Å². The summed E-state index contributed by atoms with van der Waals surface area (Å²) in [6, 6.07) is 7.94. The fraction of sp³-hybridized carbons (Fsp3) is 0.133. The largest absolute Gasteiger partial charge is 0.497 e. The number of aryl methyl sites for hydroxylation is 1. The van der Waals surface area contributed by atoms with Crippen LogP contribution in [0.3, 0.4) is 0 Å². The highest BCUT2D eigenvalue weighted by atomic mass is 19.1. The number of anilines is 1. The molecule has 0 aliphatic heterocycles. The molecule has 0 unspecified atom stereocenters. The van der Waals surface area contributed by atoms with Gasteiger partial charge in [0.05, 0.1) is 12.7 Å². The van der Waals surface area contributed by atoms with Gasteiger partial charge in [-0.15, -0.1) is 0 Å². The average Bonchev–Trinajstić information content (AvgIpc) is 2.42. The van der Waals surface area contributed by atoms with Crippen molar-refractivity contribution < 1.29 is 18.3 Å². The molecule has 0 bridgehead atoms. The number of rotatable bonds is 3. The Morgan fingerprint density at radius 2 is 1.90 bits per heavy atom. The predicted octanol–water partition coefficient (Wildman–Crippen LogP) is 3.53. The number of hydrogen-bond donors (Lipinski definition) is 1. The quantitative estimate of drug-likeness (QED) is 0.932. The molecule has 0 saturated carbocycles. The summed E-state index contributed by atoms with van der Waals surface area (Å²) >= 11 is 0. The molecule has 20 heavy (non-hydrogen) atoms. The molecule has 104 valence electrons. The zero-order valence-electron chi connectivity index (χ0n) is 11.0. The van der Waals surface area contributed by atoms with E-state index in [0.29, 0.717) is 17.0 Å². The van der Waals surface area contributed by atoms with Gasteiger partial charge in [0.15, 0.2) is 0 Å². The fourth-order valence-corrected chi connectivity index (χ4v) is 1.73. The molecule has 2 aromatic rings. The van der Waals surface area contributed by atoms with Gasteiger partial charge in [0.2, 0.25) is 0 Å². The van der Waals surface area contributed by atoms with E-state index >= 15 is 0 Å². The first-order valence-electron chi connectivity index (χ1n) is 5.92. The van der Waals surface area contributed by atoms with Crippen LogP contribution in [0.5, 0.6) is 5.75 Å². The van der Waals surface area contributed by atoms with Crippen LogP contribution < -0.4 is 10.1 Å². The maximum Gasteiger partial charge on any atom is 0.258 e. The first-order chi connectivity index (χ1) is 9.51. The van der Waals surface area contributed by atoms with Crippen molar-refractivity contribution in [3.05, 3.63) is 59.2 Å². The van der Waals surface area contributed by atoms with Gasteiger partial charge in [0.25, 0.3) is 5.91 Å². The van der Waals surface area contributed by atoms with Gasteiger partial charge in [-0.2, -0.15) is 0 Å². The van der Waals surface area contributed by atoms with Gasteiger partial charge in [-0.25, -0.2) is 8.78 Å². The summed E-state index contributed by atoms with van der Waals surface area (Å²) in [6.07, 6.45) is 0. The van der Waals surface area contributed by atoms with E-state index in [1.165, 1.54) is 37.4 Å². The maximum atomic E-state index is 13.8. The van der Waals surface area contributed by atoms with Crippen LogP contribution in [0.2, 0.25) is 0 Å². The Kier molecular flexibility index (Phi) is 3.98. The second-order valence-corrected chi connectivity index (χ2v) is 4.26. The lowest BCUT2D eigenvalue weighted by Crippen LogP contribution is -2.14. The van der Waals surface area contributed by atoms with Gasteiger partial charge < -0.3 is 10.1 Å². The summed E-state index contributed by atoms with van der Waals surface area (Å²) < 4.78 is 31.8. The topological polar surface area (TPSA) is 38.3 Å². The van der Waals surface area contributed by atoms with Crippen molar-refractivity contribution in [2.45, 2.75) is 6.92 Å². The smallest absolute Gasteiger partial charge is 0.258 e. The van der Waals surface area contributed by atoms with Crippen molar-refractivity contribution >= 4 is 11.6 Å². The van der Waals surface area contributed by atoms with E-state index in [1.807, 2.05) is 0 Å². The number of nitrogens with one attached hydrogen (secondary N) is 1. The van der Waals surface area contributed by atoms with E-state index in [-0.39, 0.29) is 5.56 Å². The Hall–Kier alpha value is -2.43. The summed E-state index contributed by atoms with van der Waals surface area (Å²) in [6.45, 7) is 1.72. The third-order valence-electron chi connectivity index (χ3n) is 2.87. The number of benzene rings is 2. The molecule has 0 aliphatic rings. The molecule has 5 heteroatoms. The Morgan fingerprint density at radius 3 is 2.55 bits per heavy atom. The highest BCUT2D eigenvalue weighted by Crippen LogP contribution is 2.20. The van der Waals surface area contributed by atoms with Crippen LogP contribution in [0.25, 0.3) is 0 Å². The van der Waals surface area contributed by atoms with Gasteiger partial charge in [-0.3, -0.25) is 4.79 Å². The highest BCUT2D eigenvalue weighted by Gasteiger charge is 2.14. The normalized spacial score (nSPS) is 10.2. The number of halogens is 2. The van der Waals surface area contributed by atoms with Gasteiger partial charge in [0.1, 0.15) is 17.4 Å². The van der Waals surface area contributed by atoms with Crippen LogP contribution in [-0.4, -0.2) is 13.0 Å². The van der Waals surface area contributed by atoms with Crippen LogP contribution >= 0.6 is 0 Å². The van der Waals surface area contributed by atoms with Gasteiger partial charge >= 0.3 is 0 Å². The van der Waals surface area contributed by atoms with Crippen LogP contribution in [0, 0.1) is 18.6 Å². The van der Waals surface area contributed by atoms with Crippen molar-refractivity contribution in [1.29, 1.82) is 0 Å². The minimum Gasteiger partial charge on any atom is -0.497 e. The molecule has 2 aromatic carbocycles. The zero-order chi connectivity index (χ0) is 14.7. The highest BCUT2D eigenvalue weighted by molar-refractivity contribution is 6.04. The standard InChI is InChI=1S/C15H13F2NO2/c1-9-3-4-10(16)7-14(9)18-15(19)12-6-5-11(20-2)8-13(12)17/h3-8H,1-2H3,(H,18,19). The third-order valence-corrected chi connectivity index (χ3v) is 2.87. The van der Waals surface area contributed by atoms with Crippen molar-refractivity contribution in [1.82, 2.24) is 0 Å². The SMILES string of the molecule is COc1ccc(C(=O)Nc2cc(F)ccc2C)c(F)c1. The monoisotopic (exact) mass is 277 g/mol. The van der Waals surface area contributed by atoms with Gasteiger partial charge in [0, 0.05) is 11.8 Å². The van der Waals surface area contributed by atoms with Crippen LogP contribution in [-0.2, 0) is 0 Å². The lowest BCUT2D eigenvalue weighted by atomic mass is 10.1. The first-order valence-corrected chi connectivity index (χ1v) is 5.92. The molecule has 0 spiro atoms. The Balaban J connectivity index is 2.26. The van der Waals surface area contributed by atoms with Crippen LogP contribution in [0.15, 0.2) is 36.4 Å². The van der Waals surface area contributed by atoms with Gasteiger partial charge in [-0.1, -0.05) is 6.07 Å². The molecule has 1 amide bonds. The lowest BCUT2D eigenvalue weighted by Gasteiger charge is -2.09. The number of hydrogen-bond acceptors (Lipinski definition) is 2. The molecule has 0 atom stereocenters. The predicted molar refractivity (Wildman–Crippen MR) is 72.0 cm³/mol. The number of amides is 1. The van der Waals surface area contributed by atoms with E-state index < -0.39 is 17.5 Å². The average molecular weight is 277 g/mol. The number of methoxy groups -OCH3 is 1. The summed E-state index contributed by atoms with van der Waals surface area (Å²) in [4.78, 5) is 12.0. The summed E-state index contributed by atoms with van der Waals surface area (Å²) in [7, 11) is 1.41. The fourth-order valence-electron chi connectivity index (χ4n) is 1.73. The van der Waals surface area contributed by atoms with E-state index in [0.717, 1.165) is 6.07 Å². The van der Waals surface area contributed by atoms with E-state index in [2.05, 4.69) is 5.32 Å². The zero-order valence-corrected chi connectivity index (χ0v) is 11.0. The minimum absolute atomic E-state index is 0.130.